The molecule has 0 aliphatic carbocycles. The van der Waals surface area contributed by atoms with Crippen LogP contribution in [0.1, 0.15) is 68.4 Å². The molecule has 0 spiro atoms. The Morgan fingerprint density at radius 2 is 1.58 bits per heavy atom. The van der Waals surface area contributed by atoms with Crippen molar-refractivity contribution in [3.63, 3.8) is 0 Å². The van der Waals surface area contributed by atoms with Crippen molar-refractivity contribution in [1.82, 2.24) is 14.7 Å². The molecule has 5 atom stereocenters. The van der Waals surface area contributed by atoms with Gasteiger partial charge in [0.2, 0.25) is 17.6 Å². The second-order valence-electron chi connectivity index (χ2n) is 15.0. The van der Waals surface area contributed by atoms with Crippen LogP contribution in [0, 0.1) is 6.92 Å². The summed E-state index contributed by atoms with van der Waals surface area (Å²) in [5, 5.41) is 43.6. The van der Waals surface area contributed by atoms with Gasteiger partial charge in [-0.2, -0.15) is 0 Å². The molecule has 3 aliphatic rings. The molecule has 5 rings (SSSR count). The highest BCUT2D eigenvalue weighted by Crippen LogP contribution is 2.53. The number of benzene rings is 2. The average molecular weight is 668 g/mol. The highest BCUT2D eigenvalue weighted by atomic mass is 16.8. The lowest BCUT2D eigenvalue weighted by Gasteiger charge is -2.50. The monoisotopic (exact) mass is 667 g/mol. The number of carbonyl (C=O) groups is 2. The molecule has 4 N–H and O–H groups in total. The van der Waals surface area contributed by atoms with E-state index in [1.807, 2.05) is 44.9 Å². The molecule has 11 nitrogen and oxygen atoms in total. The number of piperazine rings is 1. The molecule has 48 heavy (non-hydrogen) atoms. The van der Waals surface area contributed by atoms with Crippen molar-refractivity contribution in [1.29, 1.82) is 0 Å². The van der Waals surface area contributed by atoms with Crippen LogP contribution < -0.4 is 0 Å². The van der Waals surface area contributed by atoms with Crippen molar-refractivity contribution in [2.75, 3.05) is 46.9 Å². The number of rotatable bonds is 10. The van der Waals surface area contributed by atoms with Crippen LogP contribution in [0.5, 0.6) is 0 Å². The first-order valence-corrected chi connectivity index (χ1v) is 17.0. The largest absolute Gasteiger partial charge is 0.387 e. The molecular weight excluding hydrogens is 614 g/mol. The Labute approximate surface area is 284 Å². The summed E-state index contributed by atoms with van der Waals surface area (Å²) in [6.07, 6.45) is -2.37. The van der Waals surface area contributed by atoms with Crippen LogP contribution in [0.2, 0.25) is 0 Å². The van der Waals surface area contributed by atoms with Gasteiger partial charge in [-0.15, -0.1) is 0 Å². The molecule has 0 aromatic heterocycles. The van der Waals surface area contributed by atoms with Gasteiger partial charge < -0.3 is 44.6 Å². The van der Waals surface area contributed by atoms with Crippen LogP contribution >= 0.6 is 0 Å². The topological polar surface area (TPSA) is 143 Å². The van der Waals surface area contributed by atoms with Gasteiger partial charge in [0.05, 0.1) is 12.2 Å². The number of hydrogen-bond acceptors (Lipinski definition) is 9. The number of aryl methyl sites for hydroxylation is 2. The fourth-order valence-electron chi connectivity index (χ4n) is 7.07. The Morgan fingerprint density at radius 3 is 2.21 bits per heavy atom. The van der Waals surface area contributed by atoms with Crippen molar-refractivity contribution >= 4 is 11.8 Å². The predicted octanol–water partition coefficient (Wildman–Crippen LogP) is 1.73. The molecular formula is C37H53N3O8. The predicted molar refractivity (Wildman–Crippen MR) is 180 cm³/mol. The number of aliphatic hydroxyl groups is 4. The maximum Gasteiger partial charge on any atom is 0.248 e. The summed E-state index contributed by atoms with van der Waals surface area (Å²) in [5.41, 5.74) is 0.571. The molecule has 2 bridgehead atoms. The first kappa shape index (κ1) is 36.4. The van der Waals surface area contributed by atoms with Gasteiger partial charge in [-0.25, -0.2) is 0 Å². The fraction of sp³-hybridized carbons (Fsp3) is 0.622. The maximum absolute atomic E-state index is 13.2. The Kier molecular flexibility index (Phi) is 10.2. The van der Waals surface area contributed by atoms with E-state index in [-0.39, 0.29) is 18.4 Å². The van der Waals surface area contributed by atoms with Gasteiger partial charge in [-0.3, -0.25) is 9.59 Å². The number of hydrogen-bond donors (Lipinski definition) is 4. The first-order valence-electron chi connectivity index (χ1n) is 17.0. The minimum absolute atomic E-state index is 0.0146. The van der Waals surface area contributed by atoms with Gasteiger partial charge in [0.1, 0.15) is 23.9 Å². The molecule has 264 valence electrons. The fourth-order valence-corrected chi connectivity index (χ4v) is 7.07. The van der Waals surface area contributed by atoms with Crippen molar-refractivity contribution in [2.24, 2.45) is 0 Å². The SMILES string of the molecule is Cc1ccc([C@]23OC[C@](C(C)(C)O)(O2)[C@@H](O)[C@H](O)[C@H]3O)cc1Cc1ccc(CCCC(=O)N(C)C(C)(C)C(=O)N2CCN(C)CC2)cc1. The quantitative estimate of drug-likeness (QED) is 0.298. The van der Waals surface area contributed by atoms with Crippen LogP contribution in [0.15, 0.2) is 42.5 Å². The van der Waals surface area contributed by atoms with E-state index in [0.29, 0.717) is 37.9 Å². The lowest BCUT2D eigenvalue weighted by Crippen LogP contribution is -2.70. The van der Waals surface area contributed by atoms with Crippen LogP contribution in [0.25, 0.3) is 0 Å². The number of ether oxygens (including phenoxy) is 2. The summed E-state index contributed by atoms with van der Waals surface area (Å²) >= 11 is 0. The molecule has 2 aromatic carbocycles. The summed E-state index contributed by atoms with van der Waals surface area (Å²) in [6.45, 7) is 11.4. The van der Waals surface area contributed by atoms with E-state index in [0.717, 1.165) is 41.8 Å². The van der Waals surface area contributed by atoms with E-state index in [2.05, 4.69) is 29.2 Å². The van der Waals surface area contributed by atoms with Crippen LogP contribution in [-0.4, -0.2) is 129 Å². The van der Waals surface area contributed by atoms with Crippen molar-refractivity contribution in [2.45, 2.75) is 101 Å². The molecule has 3 fully saturated rings. The molecule has 3 saturated heterocycles. The van der Waals surface area contributed by atoms with Gasteiger partial charge in [0.25, 0.3) is 0 Å². The Balaban J connectivity index is 1.20. The van der Waals surface area contributed by atoms with E-state index in [4.69, 9.17) is 9.47 Å². The minimum Gasteiger partial charge on any atom is -0.387 e. The third-order valence-electron chi connectivity index (χ3n) is 10.9. The molecule has 2 aromatic rings. The van der Waals surface area contributed by atoms with E-state index in [1.54, 1.807) is 18.0 Å². The molecule has 2 amide bonds. The Hall–Kier alpha value is -2.90. The Morgan fingerprint density at radius 1 is 0.958 bits per heavy atom. The minimum atomic E-state index is -1.75. The average Bonchev–Trinajstić information content (AvgIpc) is 3.45. The number of fused-ring (bicyclic) bond motifs is 2. The smallest absolute Gasteiger partial charge is 0.248 e. The molecule has 3 heterocycles. The van der Waals surface area contributed by atoms with E-state index < -0.39 is 40.8 Å². The second-order valence-corrected chi connectivity index (χ2v) is 15.0. The number of aliphatic hydroxyl groups excluding tert-OH is 3. The van der Waals surface area contributed by atoms with Crippen LogP contribution in [0.3, 0.4) is 0 Å². The third-order valence-corrected chi connectivity index (χ3v) is 10.9. The van der Waals surface area contributed by atoms with Crippen molar-refractivity contribution < 1.29 is 39.5 Å². The van der Waals surface area contributed by atoms with Gasteiger partial charge in [-0.1, -0.05) is 36.4 Å². The first-order chi connectivity index (χ1) is 22.4. The summed E-state index contributed by atoms with van der Waals surface area (Å²) < 4.78 is 12.3. The number of likely N-dealkylation sites (N-methyl/N-ethyl adjacent to an activating group) is 2. The van der Waals surface area contributed by atoms with E-state index in [1.165, 1.54) is 13.8 Å². The summed E-state index contributed by atoms with van der Waals surface area (Å²) in [5.74, 6) is -1.81. The van der Waals surface area contributed by atoms with Gasteiger partial charge >= 0.3 is 0 Å². The molecule has 0 unspecified atom stereocenters. The Bertz CT molecular complexity index is 1480. The zero-order chi connectivity index (χ0) is 35.2. The number of carbonyl (C=O) groups excluding carboxylic acids is 2. The molecule has 0 saturated carbocycles. The number of amides is 2. The normalized spacial score (nSPS) is 28.1. The standard InChI is InChI=1S/C37H53N3O8/c1-24-11-16-28(37-32(44)30(42)31(43)36(48-37,23-47-37)35(4,5)46)22-27(24)21-26-14-12-25(13-15-26)9-8-10-29(41)39(7)34(2,3)33(45)40-19-17-38(6)18-20-40/h11-16,22,30-32,42-44,46H,8-10,17-21,23H2,1-7H3/t30-,31-,32+,36-,37-/m0/s1. The highest BCUT2D eigenvalue weighted by molar-refractivity contribution is 5.90. The maximum atomic E-state index is 13.2. The lowest BCUT2D eigenvalue weighted by molar-refractivity contribution is -0.348. The summed E-state index contributed by atoms with van der Waals surface area (Å²) in [7, 11) is 3.77. The number of nitrogens with zero attached hydrogens (tertiary/aromatic N) is 3. The summed E-state index contributed by atoms with van der Waals surface area (Å²) in [4.78, 5) is 32.0. The lowest BCUT2D eigenvalue weighted by atomic mass is 9.75. The molecule has 11 heteroatoms. The van der Waals surface area contributed by atoms with Crippen LogP contribution in [-0.2, 0) is 37.7 Å². The third kappa shape index (κ3) is 6.54. The van der Waals surface area contributed by atoms with Gasteiger partial charge in [0.15, 0.2) is 5.60 Å². The van der Waals surface area contributed by atoms with Crippen molar-refractivity contribution in [3.05, 3.63) is 70.3 Å². The zero-order valence-corrected chi connectivity index (χ0v) is 29.4. The van der Waals surface area contributed by atoms with E-state index >= 15 is 0 Å². The molecule has 0 radical (unpaired) electrons. The zero-order valence-electron chi connectivity index (χ0n) is 29.4. The van der Waals surface area contributed by atoms with E-state index in [9.17, 15) is 30.0 Å². The van der Waals surface area contributed by atoms with Crippen molar-refractivity contribution in [3.8, 4) is 0 Å². The van der Waals surface area contributed by atoms with Gasteiger partial charge in [0, 0.05) is 45.2 Å². The van der Waals surface area contributed by atoms with Gasteiger partial charge in [-0.05, 0) is 89.2 Å². The molecule has 3 aliphatic heterocycles. The summed E-state index contributed by atoms with van der Waals surface area (Å²) in [6, 6.07) is 13.8. The highest BCUT2D eigenvalue weighted by Gasteiger charge is 2.71. The van der Waals surface area contributed by atoms with Crippen LogP contribution in [0.4, 0.5) is 0 Å². The second kappa shape index (κ2) is 13.4.